The Morgan fingerprint density at radius 3 is 1.50 bits per heavy atom. The number of unbranched alkanes of at least 4 members (excludes halogenated alkanes) is 13. The Kier molecular flexibility index (Phi) is 17.3. The molecule has 1 N–H and O–H groups in total. The average molecular weight is 427 g/mol. The fraction of sp³-hybridized carbons (Fsp3) is 0.739. The van der Waals surface area contributed by atoms with Crippen molar-refractivity contribution in [3.63, 3.8) is 0 Å². The van der Waals surface area contributed by atoms with Gasteiger partial charge in [0.15, 0.2) is 17.4 Å². The van der Waals surface area contributed by atoms with E-state index in [0.29, 0.717) is 12.0 Å². The van der Waals surface area contributed by atoms with E-state index in [0.717, 1.165) is 19.3 Å². The predicted molar refractivity (Wildman–Crippen MR) is 126 cm³/mol. The summed E-state index contributed by atoms with van der Waals surface area (Å²) in [7, 11) is -4.04. The van der Waals surface area contributed by atoms with Crippen molar-refractivity contribution in [2.24, 2.45) is 0 Å². The lowest BCUT2D eigenvalue weighted by atomic mass is 10.0. The molecule has 28 heavy (non-hydrogen) atoms. The summed E-state index contributed by atoms with van der Waals surface area (Å²) in [4.78, 5) is 0. The van der Waals surface area contributed by atoms with Crippen molar-refractivity contribution in [3.05, 3.63) is 35.9 Å². The normalized spacial score (nSPS) is 12.5. The zero-order valence-corrected chi connectivity index (χ0v) is 18.1. The van der Waals surface area contributed by atoms with Gasteiger partial charge in [0, 0.05) is 0 Å². The maximum absolute atomic E-state index is 11.7. The molecule has 0 aliphatic rings. The van der Waals surface area contributed by atoms with Crippen molar-refractivity contribution in [1.82, 2.24) is 0 Å². The second-order valence-corrected chi connectivity index (χ2v) is 9.40. The highest BCUT2D eigenvalue weighted by atomic mass is 32.2. The molecule has 1 aromatic rings. The summed E-state index contributed by atoms with van der Waals surface area (Å²) in [6.45, 7) is 2.26. The molecule has 0 amide bonds. The minimum absolute atomic E-state index is 0. The zero-order chi connectivity index (χ0) is 19.8. The second-order valence-electron chi connectivity index (χ2n) is 7.80. The maximum atomic E-state index is 11.7. The highest BCUT2D eigenvalue weighted by molar-refractivity contribution is 7.86. The average Bonchev–Trinajstić information content (AvgIpc) is 2.64. The molecule has 3 nitrogen and oxygen atoms in total. The topological polar surface area (TPSA) is 54.4 Å². The smallest absolute Gasteiger partial charge is 0.271 e. The molecule has 1 rings (SSSR count). The summed E-state index contributed by atoms with van der Waals surface area (Å²) in [5.74, 6) is 0. The van der Waals surface area contributed by atoms with Crippen molar-refractivity contribution in [2.75, 3.05) is 0 Å². The highest BCUT2D eigenvalue weighted by Crippen LogP contribution is 2.27. The van der Waals surface area contributed by atoms with E-state index in [9.17, 15) is 13.0 Å². The molecule has 5 heteroatoms. The molecule has 0 fully saturated rings. The molecular weight excluding hydrogens is 383 g/mol. The van der Waals surface area contributed by atoms with Crippen LogP contribution in [0.3, 0.4) is 0 Å². The molecule has 1 atom stereocenters. The minimum atomic E-state index is -4.04. The van der Waals surface area contributed by atoms with Crippen LogP contribution in [-0.4, -0.2) is 30.3 Å². The lowest BCUT2D eigenvalue weighted by Crippen LogP contribution is -2.12. The molecule has 1 aromatic carbocycles. The second kappa shape index (κ2) is 17.5. The first-order valence-electron chi connectivity index (χ1n) is 11.1. The van der Waals surface area contributed by atoms with Gasteiger partial charge in [-0.05, 0) is 12.0 Å². The van der Waals surface area contributed by atoms with Crippen molar-refractivity contribution < 1.29 is 13.0 Å². The highest BCUT2D eigenvalue weighted by Gasteiger charge is 2.24. The van der Waals surface area contributed by atoms with Gasteiger partial charge in [-0.1, -0.05) is 127 Å². The Morgan fingerprint density at radius 2 is 1.11 bits per heavy atom. The molecule has 1 unspecified atom stereocenters. The first-order chi connectivity index (χ1) is 13.1. The van der Waals surface area contributed by atoms with Gasteiger partial charge in [-0.25, -0.2) is 0 Å². The standard InChI is InChI=1S/C23H40O3S.Al.3H/c1-2-3-4-5-6-7-8-9-10-11-12-13-14-18-21-23(27(24,25)26)22-19-16-15-17-20-22;;;;/h15-17,19-20,23H,2-14,18,21H2,1H3,(H,24,25,26);;;;. The molecule has 0 heterocycles. The van der Waals surface area contributed by atoms with Crippen LogP contribution in [0.5, 0.6) is 0 Å². The van der Waals surface area contributed by atoms with Gasteiger partial charge in [0.1, 0.15) is 5.25 Å². The Hall–Kier alpha value is -0.338. The van der Waals surface area contributed by atoms with Crippen LogP contribution in [0.4, 0.5) is 0 Å². The van der Waals surface area contributed by atoms with Crippen molar-refractivity contribution in [2.45, 2.75) is 108 Å². The van der Waals surface area contributed by atoms with Crippen molar-refractivity contribution in [1.29, 1.82) is 0 Å². The van der Waals surface area contributed by atoms with Crippen LogP contribution in [0, 0.1) is 0 Å². The third-order valence-electron chi connectivity index (χ3n) is 5.35. The Labute approximate surface area is 184 Å². The van der Waals surface area contributed by atoms with Crippen LogP contribution in [0.2, 0.25) is 0 Å². The monoisotopic (exact) mass is 426 g/mol. The van der Waals surface area contributed by atoms with Gasteiger partial charge in [-0.15, -0.1) is 0 Å². The van der Waals surface area contributed by atoms with Crippen LogP contribution >= 0.6 is 0 Å². The summed E-state index contributed by atoms with van der Waals surface area (Å²) >= 11 is 0. The molecule has 0 saturated heterocycles. The van der Waals surface area contributed by atoms with Crippen molar-refractivity contribution in [3.8, 4) is 0 Å². The van der Waals surface area contributed by atoms with Gasteiger partial charge in [0.25, 0.3) is 10.1 Å². The van der Waals surface area contributed by atoms with E-state index in [-0.39, 0.29) is 17.4 Å². The summed E-state index contributed by atoms with van der Waals surface area (Å²) in [5, 5.41) is -0.781. The molecule has 0 spiro atoms. The van der Waals surface area contributed by atoms with Gasteiger partial charge in [0.2, 0.25) is 0 Å². The van der Waals surface area contributed by atoms with E-state index in [1.165, 1.54) is 70.6 Å². The molecule has 0 radical (unpaired) electrons. The van der Waals surface area contributed by atoms with Crippen LogP contribution in [0.25, 0.3) is 0 Å². The Morgan fingerprint density at radius 1 is 0.714 bits per heavy atom. The van der Waals surface area contributed by atoms with E-state index in [1.54, 1.807) is 12.1 Å². The molecule has 0 aliphatic heterocycles. The van der Waals surface area contributed by atoms with E-state index < -0.39 is 15.4 Å². The molecule has 0 saturated carbocycles. The SMILES string of the molecule is CCCCCCCCCCCCCCCCC(c1ccccc1)S(=O)(=O)O.[AlH3]. The van der Waals surface area contributed by atoms with E-state index in [1.807, 2.05) is 18.2 Å². The Bertz CT molecular complexity index is 560. The quantitative estimate of drug-likeness (QED) is 0.181. The number of rotatable bonds is 17. The van der Waals surface area contributed by atoms with Gasteiger partial charge < -0.3 is 0 Å². The van der Waals surface area contributed by atoms with Crippen LogP contribution < -0.4 is 0 Å². The minimum Gasteiger partial charge on any atom is -0.285 e. The molecule has 0 bridgehead atoms. The number of hydrogen-bond donors (Lipinski definition) is 1. The van der Waals surface area contributed by atoms with Crippen LogP contribution in [-0.2, 0) is 10.1 Å². The fourth-order valence-electron chi connectivity index (χ4n) is 3.68. The zero-order valence-electron chi connectivity index (χ0n) is 17.2. The lowest BCUT2D eigenvalue weighted by molar-refractivity contribution is 0.458. The maximum Gasteiger partial charge on any atom is 0.271 e. The van der Waals surface area contributed by atoms with E-state index in [4.69, 9.17) is 0 Å². The summed E-state index contributed by atoms with van der Waals surface area (Å²) in [5.41, 5.74) is 0.690. The molecular formula is C23H43AlO3S. The first kappa shape index (κ1) is 27.7. The largest absolute Gasteiger partial charge is 0.285 e. The van der Waals surface area contributed by atoms with Gasteiger partial charge in [-0.3, -0.25) is 4.55 Å². The Balaban J connectivity index is 0.00000729. The van der Waals surface area contributed by atoms with Crippen LogP contribution in [0.1, 0.15) is 114 Å². The summed E-state index contributed by atoms with van der Waals surface area (Å²) in [6.07, 6.45) is 18.4. The van der Waals surface area contributed by atoms with Gasteiger partial charge in [0.05, 0.1) is 0 Å². The van der Waals surface area contributed by atoms with Crippen LogP contribution in [0.15, 0.2) is 30.3 Å². The first-order valence-corrected chi connectivity index (χ1v) is 12.6. The van der Waals surface area contributed by atoms with E-state index in [2.05, 4.69) is 6.92 Å². The fourth-order valence-corrected chi connectivity index (χ4v) is 4.65. The summed E-state index contributed by atoms with van der Waals surface area (Å²) in [6, 6.07) is 9.05. The lowest BCUT2D eigenvalue weighted by Gasteiger charge is -2.14. The summed E-state index contributed by atoms with van der Waals surface area (Å²) < 4.78 is 32.8. The van der Waals surface area contributed by atoms with E-state index >= 15 is 0 Å². The number of benzene rings is 1. The van der Waals surface area contributed by atoms with Crippen molar-refractivity contribution >= 4 is 27.5 Å². The molecule has 162 valence electrons. The third kappa shape index (κ3) is 13.8. The number of hydrogen-bond acceptors (Lipinski definition) is 2. The molecule has 0 aromatic heterocycles. The predicted octanol–water partition coefficient (Wildman–Crippen LogP) is 6.30. The molecule has 0 aliphatic carbocycles. The van der Waals surface area contributed by atoms with Gasteiger partial charge >= 0.3 is 0 Å². The third-order valence-corrected chi connectivity index (χ3v) is 6.58. The van der Waals surface area contributed by atoms with Gasteiger partial charge in [-0.2, -0.15) is 8.42 Å².